The van der Waals surface area contributed by atoms with E-state index in [9.17, 15) is 14.7 Å². The summed E-state index contributed by atoms with van der Waals surface area (Å²) >= 11 is 0. The van der Waals surface area contributed by atoms with E-state index < -0.39 is 18.2 Å². The van der Waals surface area contributed by atoms with Crippen molar-refractivity contribution in [3.8, 4) is 0 Å². The number of aryl methyl sites for hydroxylation is 1. The lowest BCUT2D eigenvalue weighted by Crippen LogP contribution is -2.37. The fourth-order valence-electron chi connectivity index (χ4n) is 5.54. The molecule has 0 aromatic carbocycles. The Morgan fingerprint density at radius 2 is 1.95 bits per heavy atom. The van der Waals surface area contributed by atoms with Crippen LogP contribution in [0.15, 0.2) is 76.0 Å². The van der Waals surface area contributed by atoms with Gasteiger partial charge in [-0.3, -0.25) is 4.79 Å². The summed E-state index contributed by atoms with van der Waals surface area (Å²) in [5.74, 6) is -0.209. The predicted molar refractivity (Wildman–Crippen MR) is 167 cm³/mol. The largest absolute Gasteiger partial charge is 0.462 e. The molecule has 0 amide bonds. The zero-order valence-corrected chi connectivity index (χ0v) is 26.5. The van der Waals surface area contributed by atoms with Gasteiger partial charge in [0.15, 0.2) is 5.89 Å². The van der Waals surface area contributed by atoms with E-state index in [1.54, 1.807) is 26.4 Å². The fraction of sp³-hybridized carbons (Fsp3) is 0.514. The number of nitrogens with zero attached hydrogens (tertiary/aromatic N) is 1. The van der Waals surface area contributed by atoms with Crippen LogP contribution < -0.4 is 0 Å². The maximum Gasteiger partial charge on any atom is 0.330 e. The number of carbonyl (C=O) groups excluding carboxylic acids is 2. The summed E-state index contributed by atoms with van der Waals surface area (Å²) in [7, 11) is 1.63. The Kier molecular flexibility index (Phi) is 13.0. The number of allylic oxidation sites excluding steroid dienone is 7. The van der Waals surface area contributed by atoms with E-state index in [2.05, 4.69) is 4.98 Å². The number of fused-ring (bicyclic) bond motifs is 2. The lowest BCUT2D eigenvalue weighted by Gasteiger charge is -2.32. The molecule has 1 aromatic rings. The van der Waals surface area contributed by atoms with Crippen molar-refractivity contribution in [2.75, 3.05) is 7.11 Å². The minimum absolute atomic E-state index is 0.0274. The lowest BCUT2D eigenvalue weighted by atomic mass is 9.86. The molecule has 8 nitrogen and oxygen atoms in total. The first kappa shape index (κ1) is 34.0. The molecule has 2 bridgehead atoms. The zero-order valence-electron chi connectivity index (χ0n) is 26.5. The van der Waals surface area contributed by atoms with Gasteiger partial charge in [-0.2, -0.15) is 0 Å². The molecule has 234 valence electrons. The molecular formula is C35H47NO7. The first-order valence-electron chi connectivity index (χ1n) is 15.0. The van der Waals surface area contributed by atoms with Crippen molar-refractivity contribution in [2.45, 2.75) is 91.6 Å². The summed E-state index contributed by atoms with van der Waals surface area (Å²) in [5, 5.41) is 11.1. The Bertz CT molecular complexity index is 1280. The van der Waals surface area contributed by atoms with Crippen LogP contribution in [0.1, 0.15) is 71.9 Å². The van der Waals surface area contributed by atoms with Crippen molar-refractivity contribution >= 4 is 18.0 Å². The Balaban J connectivity index is 1.80. The number of cyclic esters (lactones) is 1. The van der Waals surface area contributed by atoms with Crippen LogP contribution in [-0.2, 0) is 23.8 Å². The molecular weight excluding hydrogens is 546 g/mol. The van der Waals surface area contributed by atoms with E-state index in [1.807, 2.05) is 77.2 Å². The molecule has 3 heterocycles. The smallest absolute Gasteiger partial charge is 0.330 e. The molecule has 0 aliphatic carbocycles. The van der Waals surface area contributed by atoms with Gasteiger partial charge < -0.3 is 23.7 Å². The molecule has 1 fully saturated rings. The first-order valence-corrected chi connectivity index (χ1v) is 15.0. The van der Waals surface area contributed by atoms with E-state index in [0.29, 0.717) is 18.7 Å². The number of ether oxygens (including phenoxy) is 3. The van der Waals surface area contributed by atoms with Crippen molar-refractivity contribution in [1.82, 2.24) is 4.98 Å². The number of hydrogen-bond donors (Lipinski definition) is 1. The number of rotatable bonds is 7. The molecule has 43 heavy (non-hydrogen) atoms. The highest BCUT2D eigenvalue weighted by Gasteiger charge is 2.33. The zero-order chi connectivity index (χ0) is 31.5. The van der Waals surface area contributed by atoms with E-state index in [1.165, 1.54) is 6.08 Å². The van der Waals surface area contributed by atoms with Crippen molar-refractivity contribution in [3.63, 3.8) is 0 Å². The molecule has 3 rings (SSSR count). The second-order valence-corrected chi connectivity index (χ2v) is 11.8. The first-order chi connectivity index (χ1) is 20.5. The van der Waals surface area contributed by atoms with Gasteiger partial charge in [-0.25, -0.2) is 9.78 Å². The number of methoxy groups -OCH3 is 1. The van der Waals surface area contributed by atoms with Crippen LogP contribution in [-0.4, -0.2) is 53.6 Å². The standard InChI is InChI=1S/C35H47NO7/c1-22(17-29-21-41-27(6)36-29)11-8-14-25(4)35(40-7)26(5)32-20-30(37)23(2)12-9-13-24(3)31-18-28(19-34(39)42-31)15-10-16-33(38)43-32/h8-14,16-17,21,24,26,28,30-32,35,37H,15,18-20H2,1-7H3. The average molecular weight is 594 g/mol. The molecule has 1 saturated heterocycles. The van der Waals surface area contributed by atoms with Crippen LogP contribution in [0, 0.1) is 24.7 Å². The molecule has 1 N–H and O–H groups in total. The molecule has 7 unspecified atom stereocenters. The number of aromatic nitrogens is 1. The summed E-state index contributed by atoms with van der Waals surface area (Å²) in [5.41, 5.74) is 3.46. The highest BCUT2D eigenvalue weighted by Crippen LogP contribution is 2.30. The van der Waals surface area contributed by atoms with Gasteiger partial charge in [0.25, 0.3) is 0 Å². The summed E-state index contributed by atoms with van der Waals surface area (Å²) in [6, 6.07) is 0. The SMILES string of the molecule is COC(C(C)=CC=CC(C)=Cc1coc(C)n1)C(C)C1CC(O)C(C)=CC=CC(C)C2CC(CC=CC(=O)O1)CC(=O)O2. The third kappa shape index (κ3) is 10.6. The van der Waals surface area contributed by atoms with Crippen LogP contribution >= 0.6 is 0 Å². The Morgan fingerprint density at radius 3 is 2.65 bits per heavy atom. The Labute approximate surface area is 255 Å². The van der Waals surface area contributed by atoms with Crippen LogP contribution in [0.4, 0.5) is 0 Å². The molecule has 8 heteroatoms. The van der Waals surface area contributed by atoms with Gasteiger partial charge >= 0.3 is 11.9 Å². The van der Waals surface area contributed by atoms with Crippen molar-refractivity contribution < 1.29 is 33.3 Å². The summed E-state index contributed by atoms with van der Waals surface area (Å²) in [4.78, 5) is 29.5. The highest BCUT2D eigenvalue weighted by atomic mass is 16.6. The fourth-order valence-corrected chi connectivity index (χ4v) is 5.54. The maximum absolute atomic E-state index is 13.0. The van der Waals surface area contributed by atoms with E-state index >= 15 is 0 Å². The monoisotopic (exact) mass is 593 g/mol. The number of aliphatic hydroxyl groups excluding tert-OH is 1. The number of hydrogen-bond acceptors (Lipinski definition) is 8. The maximum atomic E-state index is 13.0. The van der Waals surface area contributed by atoms with E-state index in [-0.39, 0.29) is 42.4 Å². The molecule has 0 spiro atoms. The van der Waals surface area contributed by atoms with Crippen LogP contribution in [0.25, 0.3) is 6.08 Å². The van der Waals surface area contributed by atoms with Gasteiger partial charge in [-0.15, -0.1) is 0 Å². The predicted octanol–water partition coefficient (Wildman–Crippen LogP) is 6.62. The molecule has 2 aliphatic heterocycles. The minimum Gasteiger partial charge on any atom is -0.462 e. The summed E-state index contributed by atoms with van der Waals surface area (Å²) in [6.07, 6.45) is 18.3. The van der Waals surface area contributed by atoms with Crippen LogP contribution in [0.5, 0.6) is 0 Å². The Hall–Kier alpha value is -3.49. The minimum atomic E-state index is -0.830. The van der Waals surface area contributed by atoms with Crippen molar-refractivity contribution in [2.24, 2.45) is 17.8 Å². The van der Waals surface area contributed by atoms with E-state index in [4.69, 9.17) is 18.6 Å². The quantitative estimate of drug-likeness (QED) is 0.278. The van der Waals surface area contributed by atoms with Crippen molar-refractivity contribution in [1.29, 1.82) is 0 Å². The molecule has 1 aromatic heterocycles. The van der Waals surface area contributed by atoms with Gasteiger partial charge in [0.1, 0.15) is 24.2 Å². The molecule has 2 aliphatic rings. The van der Waals surface area contributed by atoms with Gasteiger partial charge in [0, 0.05) is 44.8 Å². The highest BCUT2D eigenvalue weighted by molar-refractivity contribution is 5.82. The van der Waals surface area contributed by atoms with Gasteiger partial charge in [0.05, 0.1) is 12.2 Å². The third-order valence-electron chi connectivity index (χ3n) is 8.13. The average Bonchev–Trinajstić information content (AvgIpc) is 3.35. The van der Waals surface area contributed by atoms with Crippen LogP contribution in [0.2, 0.25) is 0 Å². The molecule has 7 atom stereocenters. The lowest BCUT2D eigenvalue weighted by molar-refractivity contribution is -0.158. The third-order valence-corrected chi connectivity index (χ3v) is 8.13. The number of aliphatic hydroxyl groups is 1. The topological polar surface area (TPSA) is 108 Å². The summed E-state index contributed by atoms with van der Waals surface area (Å²) in [6.45, 7) is 11.6. The van der Waals surface area contributed by atoms with Gasteiger partial charge in [0.2, 0.25) is 0 Å². The second-order valence-electron chi connectivity index (χ2n) is 11.8. The van der Waals surface area contributed by atoms with Gasteiger partial charge in [-0.1, -0.05) is 56.4 Å². The Morgan fingerprint density at radius 1 is 1.19 bits per heavy atom. The molecule has 0 saturated carbocycles. The summed E-state index contributed by atoms with van der Waals surface area (Å²) < 4.78 is 22.7. The van der Waals surface area contributed by atoms with Crippen LogP contribution in [0.3, 0.4) is 0 Å². The number of oxazole rings is 1. The second kappa shape index (κ2) is 16.4. The van der Waals surface area contributed by atoms with Gasteiger partial charge in [-0.05, 0) is 62.3 Å². The molecule has 0 radical (unpaired) electrons. The van der Waals surface area contributed by atoms with Crippen molar-refractivity contribution in [3.05, 3.63) is 83.2 Å². The van der Waals surface area contributed by atoms with E-state index in [0.717, 1.165) is 28.8 Å². The normalized spacial score (nSPS) is 27.9. The number of carbonyl (C=O) groups is 2. The number of esters is 2.